The monoisotopic (exact) mass is 399 g/mol. The van der Waals surface area contributed by atoms with Crippen LogP contribution in [0.1, 0.15) is 43.9 Å². The van der Waals surface area contributed by atoms with Gasteiger partial charge in [-0.3, -0.25) is 14.4 Å². The number of carbonyl (C=O) groups excluding carboxylic acids is 3. The standard InChI is InChI=1S/C19H17N3O5S/c20-15-5-3-4-14-16(15)19(25)22(18(14)24)17(23)12-6-8-13(9-7-12)28(26,27)21-10-1-2-11-21/h3-9H,1-2,10-11,20H2. The van der Waals surface area contributed by atoms with Gasteiger partial charge in [0.2, 0.25) is 10.0 Å². The minimum Gasteiger partial charge on any atom is -0.398 e. The summed E-state index contributed by atoms with van der Waals surface area (Å²) in [4.78, 5) is 38.4. The maximum atomic E-state index is 12.7. The van der Waals surface area contributed by atoms with Crippen LogP contribution in [0.2, 0.25) is 0 Å². The number of imide groups is 3. The van der Waals surface area contributed by atoms with E-state index in [2.05, 4.69) is 0 Å². The van der Waals surface area contributed by atoms with Gasteiger partial charge in [0.1, 0.15) is 0 Å². The lowest BCUT2D eigenvalue weighted by Gasteiger charge is -2.16. The summed E-state index contributed by atoms with van der Waals surface area (Å²) in [6, 6.07) is 9.68. The molecule has 28 heavy (non-hydrogen) atoms. The van der Waals surface area contributed by atoms with E-state index >= 15 is 0 Å². The van der Waals surface area contributed by atoms with E-state index < -0.39 is 27.7 Å². The maximum absolute atomic E-state index is 12.7. The highest BCUT2D eigenvalue weighted by Gasteiger charge is 2.41. The maximum Gasteiger partial charge on any atom is 0.270 e. The van der Waals surface area contributed by atoms with E-state index in [1.54, 1.807) is 0 Å². The zero-order chi connectivity index (χ0) is 20.1. The lowest BCUT2D eigenvalue weighted by atomic mass is 10.1. The zero-order valence-corrected chi connectivity index (χ0v) is 15.6. The fourth-order valence-corrected chi connectivity index (χ4v) is 4.99. The van der Waals surface area contributed by atoms with Gasteiger partial charge in [0.15, 0.2) is 0 Å². The SMILES string of the molecule is Nc1cccc2c1C(=O)N(C(=O)c1ccc(S(=O)(=O)N3CCCC3)cc1)C2=O. The van der Waals surface area contributed by atoms with Crippen LogP contribution in [0.5, 0.6) is 0 Å². The van der Waals surface area contributed by atoms with E-state index in [9.17, 15) is 22.8 Å². The summed E-state index contributed by atoms with van der Waals surface area (Å²) in [5.41, 5.74) is 6.01. The molecule has 2 aliphatic heterocycles. The Morgan fingerprint density at radius 1 is 0.929 bits per heavy atom. The molecule has 0 saturated carbocycles. The first kappa shape index (κ1) is 18.3. The number of nitrogens with zero attached hydrogens (tertiary/aromatic N) is 2. The van der Waals surface area contributed by atoms with Gasteiger partial charge < -0.3 is 5.73 Å². The Labute approximate surface area is 161 Å². The normalized spacial score (nSPS) is 17.2. The Morgan fingerprint density at radius 3 is 2.18 bits per heavy atom. The Bertz CT molecular complexity index is 1100. The number of amides is 3. The van der Waals surface area contributed by atoms with Crippen molar-refractivity contribution in [2.24, 2.45) is 0 Å². The summed E-state index contributed by atoms with van der Waals surface area (Å²) in [5, 5.41) is 0. The van der Waals surface area contributed by atoms with Gasteiger partial charge in [-0.2, -0.15) is 4.31 Å². The van der Waals surface area contributed by atoms with E-state index in [1.165, 1.54) is 46.8 Å². The highest BCUT2D eigenvalue weighted by molar-refractivity contribution is 7.89. The van der Waals surface area contributed by atoms with Gasteiger partial charge >= 0.3 is 0 Å². The third-order valence-electron chi connectivity index (χ3n) is 4.95. The van der Waals surface area contributed by atoms with Gasteiger partial charge in [0, 0.05) is 24.3 Å². The van der Waals surface area contributed by atoms with Gasteiger partial charge in [0.25, 0.3) is 17.7 Å². The molecule has 8 nitrogen and oxygen atoms in total. The number of nitrogen functional groups attached to an aromatic ring is 1. The number of hydrogen-bond acceptors (Lipinski definition) is 6. The molecule has 3 amide bonds. The fraction of sp³-hybridized carbons (Fsp3) is 0.211. The number of sulfonamides is 1. The highest BCUT2D eigenvalue weighted by Crippen LogP contribution is 2.29. The molecule has 0 aromatic heterocycles. The largest absolute Gasteiger partial charge is 0.398 e. The molecular formula is C19H17N3O5S. The molecule has 0 spiro atoms. The van der Waals surface area contributed by atoms with Crippen LogP contribution in [0.3, 0.4) is 0 Å². The third-order valence-corrected chi connectivity index (χ3v) is 6.87. The van der Waals surface area contributed by atoms with Crippen LogP contribution >= 0.6 is 0 Å². The molecule has 2 N–H and O–H groups in total. The Morgan fingerprint density at radius 2 is 1.57 bits per heavy atom. The van der Waals surface area contributed by atoms with E-state index in [-0.39, 0.29) is 27.3 Å². The first-order valence-electron chi connectivity index (χ1n) is 8.74. The number of fused-ring (bicyclic) bond motifs is 1. The summed E-state index contributed by atoms with van der Waals surface area (Å²) in [6.45, 7) is 0.943. The van der Waals surface area contributed by atoms with Gasteiger partial charge in [-0.05, 0) is 49.2 Å². The van der Waals surface area contributed by atoms with E-state index in [1.807, 2.05) is 0 Å². The number of rotatable bonds is 3. The molecule has 2 aliphatic rings. The molecule has 1 fully saturated rings. The van der Waals surface area contributed by atoms with Crippen molar-refractivity contribution in [3.8, 4) is 0 Å². The first-order valence-corrected chi connectivity index (χ1v) is 10.2. The second kappa shape index (κ2) is 6.54. The van der Waals surface area contributed by atoms with Crippen molar-refractivity contribution in [1.82, 2.24) is 9.21 Å². The molecule has 2 aromatic carbocycles. The minimum atomic E-state index is -3.61. The zero-order valence-electron chi connectivity index (χ0n) is 14.8. The molecule has 0 radical (unpaired) electrons. The number of benzene rings is 2. The van der Waals surface area contributed by atoms with E-state index in [0.717, 1.165) is 12.8 Å². The van der Waals surface area contributed by atoms with Gasteiger partial charge in [-0.1, -0.05) is 6.07 Å². The van der Waals surface area contributed by atoms with Crippen LogP contribution in [-0.4, -0.2) is 48.4 Å². The number of hydrogen-bond donors (Lipinski definition) is 1. The highest BCUT2D eigenvalue weighted by atomic mass is 32.2. The topological polar surface area (TPSA) is 118 Å². The average molecular weight is 399 g/mol. The third kappa shape index (κ3) is 2.71. The van der Waals surface area contributed by atoms with Crippen molar-refractivity contribution in [3.05, 3.63) is 59.2 Å². The summed E-state index contributed by atoms with van der Waals surface area (Å²) >= 11 is 0. The second-order valence-corrected chi connectivity index (χ2v) is 8.59. The molecule has 0 bridgehead atoms. The Balaban J connectivity index is 1.62. The molecule has 2 aromatic rings. The van der Waals surface area contributed by atoms with Crippen LogP contribution < -0.4 is 5.73 Å². The Hall–Kier alpha value is -3.04. The summed E-state index contributed by atoms with van der Waals surface area (Å²) in [5.74, 6) is -2.35. The van der Waals surface area contributed by atoms with Gasteiger partial charge in [-0.15, -0.1) is 0 Å². The fourth-order valence-electron chi connectivity index (χ4n) is 3.47. The molecule has 0 unspecified atom stereocenters. The molecule has 4 rings (SSSR count). The van der Waals surface area contributed by atoms with Crippen LogP contribution in [0.4, 0.5) is 5.69 Å². The molecule has 144 valence electrons. The van der Waals surface area contributed by atoms with Crippen LogP contribution in [0.15, 0.2) is 47.4 Å². The van der Waals surface area contributed by atoms with Crippen LogP contribution in [0.25, 0.3) is 0 Å². The van der Waals surface area contributed by atoms with Crippen molar-refractivity contribution in [2.45, 2.75) is 17.7 Å². The predicted octanol–water partition coefficient (Wildman–Crippen LogP) is 1.49. The molecule has 0 aliphatic carbocycles. The van der Waals surface area contributed by atoms with Crippen molar-refractivity contribution in [1.29, 1.82) is 0 Å². The molecular weight excluding hydrogens is 382 g/mol. The van der Waals surface area contributed by atoms with Crippen molar-refractivity contribution in [3.63, 3.8) is 0 Å². The van der Waals surface area contributed by atoms with Gasteiger partial charge in [-0.25, -0.2) is 13.3 Å². The molecule has 2 heterocycles. The molecule has 9 heteroatoms. The quantitative estimate of drug-likeness (QED) is 0.617. The molecule has 0 atom stereocenters. The van der Waals surface area contributed by atoms with Crippen molar-refractivity contribution >= 4 is 33.4 Å². The minimum absolute atomic E-state index is 0.00841. The number of nitrogens with two attached hydrogens (primary N) is 1. The number of carbonyl (C=O) groups is 3. The van der Waals surface area contributed by atoms with Crippen LogP contribution in [-0.2, 0) is 10.0 Å². The number of anilines is 1. The van der Waals surface area contributed by atoms with Crippen molar-refractivity contribution in [2.75, 3.05) is 18.8 Å². The van der Waals surface area contributed by atoms with Gasteiger partial charge in [0.05, 0.1) is 16.0 Å². The second-order valence-electron chi connectivity index (χ2n) is 6.66. The molecule has 1 saturated heterocycles. The first-order chi connectivity index (χ1) is 13.3. The smallest absolute Gasteiger partial charge is 0.270 e. The van der Waals surface area contributed by atoms with E-state index in [0.29, 0.717) is 18.0 Å². The van der Waals surface area contributed by atoms with Crippen molar-refractivity contribution < 1.29 is 22.8 Å². The summed E-state index contributed by atoms with van der Waals surface area (Å²) in [6.07, 6.45) is 1.64. The summed E-state index contributed by atoms with van der Waals surface area (Å²) in [7, 11) is -3.61. The predicted molar refractivity (Wildman–Crippen MR) is 100 cm³/mol. The lowest BCUT2D eigenvalue weighted by Crippen LogP contribution is -2.36. The Kier molecular flexibility index (Phi) is 4.28. The average Bonchev–Trinajstić information content (AvgIpc) is 3.30. The lowest BCUT2D eigenvalue weighted by molar-refractivity contribution is 0.0566. The van der Waals surface area contributed by atoms with E-state index in [4.69, 9.17) is 5.73 Å². The summed E-state index contributed by atoms with van der Waals surface area (Å²) < 4.78 is 26.5. The van der Waals surface area contributed by atoms with Crippen LogP contribution in [0, 0.1) is 0 Å².